The molecule has 0 aliphatic carbocycles. The molecule has 7 nitrogen and oxygen atoms in total. The van der Waals surface area contributed by atoms with Crippen molar-refractivity contribution in [2.45, 2.75) is 25.1 Å². The Balaban J connectivity index is 1.60. The molecule has 3 aliphatic rings. The van der Waals surface area contributed by atoms with Crippen LogP contribution in [0, 0.1) is 17.5 Å². The fourth-order valence-electron chi connectivity index (χ4n) is 3.81. The topological polar surface area (TPSA) is 93.1 Å². The van der Waals surface area contributed by atoms with Crippen LogP contribution in [-0.4, -0.2) is 57.1 Å². The maximum absolute atomic E-state index is 14.0. The average Bonchev–Trinajstić information content (AvgIpc) is 2.87. The number of carbonyl (C=O) groups is 2. The molecule has 3 heterocycles. The molecular formula is C20H17F4N3O4. The van der Waals surface area contributed by atoms with Gasteiger partial charge in [-0.25, -0.2) is 17.6 Å². The molecule has 2 atom stereocenters. The van der Waals surface area contributed by atoms with Crippen molar-refractivity contribution in [3.63, 3.8) is 0 Å². The van der Waals surface area contributed by atoms with Crippen molar-refractivity contribution in [1.29, 1.82) is 0 Å². The lowest BCUT2D eigenvalue weighted by atomic mass is 9.97. The Kier molecular flexibility index (Phi) is 5.21. The van der Waals surface area contributed by atoms with Gasteiger partial charge in [0.25, 0.3) is 11.8 Å². The summed E-state index contributed by atoms with van der Waals surface area (Å²) in [5.41, 5.74) is -1.26. The van der Waals surface area contributed by atoms with E-state index in [1.165, 1.54) is 15.9 Å². The molecular weight excluding hydrogens is 422 g/mol. The standard InChI is InChI=1S/C20H17F4N3O4/c21-9-1-2-26-7-11(3-9)27-8-13(17(28)18(29)16(27)20(26)31)19(30)25-6-12-14(23)4-10(22)5-15(12)24/h1,4-5,8,11,17,28-29H,2-3,6-7H2,(H,25,30)/t11-,17+/m0/s1. The van der Waals surface area contributed by atoms with Gasteiger partial charge in [0.05, 0.1) is 17.4 Å². The van der Waals surface area contributed by atoms with E-state index in [1.54, 1.807) is 0 Å². The number of hydrogen-bond acceptors (Lipinski definition) is 5. The van der Waals surface area contributed by atoms with Crippen molar-refractivity contribution < 1.29 is 37.4 Å². The van der Waals surface area contributed by atoms with Crippen LogP contribution in [0.2, 0.25) is 0 Å². The van der Waals surface area contributed by atoms with Gasteiger partial charge in [0.15, 0.2) is 5.76 Å². The van der Waals surface area contributed by atoms with Crippen LogP contribution in [0.1, 0.15) is 12.0 Å². The Labute approximate surface area is 173 Å². The van der Waals surface area contributed by atoms with E-state index in [-0.39, 0.29) is 25.2 Å². The highest BCUT2D eigenvalue weighted by molar-refractivity contribution is 5.99. The number of nitrogens with one attached hydrogen (secondary N) is 1. The number of aliphatic hydroxyl groups is 2. The Morgan fingerprint density at radius 1 is 1.19 bits per heavy atom. The van der Waals surface area contributed by atoms with Gasteiger partial charge in [-0.15, -0.1) is 0 Å². The third kappa shape index (κ3) is 3.65. The number of fused-ring (bicyclic) bond motifs is 4. The van der Waals surface area contributed by atoms with Crippen LogP contribution in [0.4, 0.5) is 17.6 Å². The van der Waals surface area contributed by atoms with Crippen LogP contribution in [-0.2, 0) is 16.1 Å². The normalized spacial score (nSPS) is 23.2. The van der Waals surface area contributed by atoms with Gasteiger partial charge >= 0.3 is 0 Å². The summed E-state index contributed by atoms with van der Waals surface area (Å²) in [6.45, 7) is -0.521. The molecule has 4 rings (SSSR count). The molecule has 2 bridgehead atoms. The summed E-state index contributed by atoms with van der Waals surface area (Å²) < 4.78 is 54.6. The molecule has 1 saturated heterocycles. The molecule has 1 aromatic rings. The van der Waals surface area contributed by atoms with Gasteiger partial charge in [0.1, 0.15) is 29.3 Å². The van der Waals surface area contributed by atoms with Crippen molar-refractivity contribution >= 4 is 11.8 Å². The first-order valence-corrected chi connectivity index (χ1v) is 9.34. The van der Waals surface area contributed by atoms with Crippen LogP contribution in [0.5, 0.6) is 0 Å². The first-order chi connectivity index (χ1) is 14.7. The second-order valence-corrected chi connectivity index (χ2v) is 7.38. The molecule has 1 fully saturated rings. The largest absolute Gasteiger partial charge is 0.507 e. The van der Waals surface area contributed by atoms with Gasteiger partial charge < -0.3 is 25.3 Å². The zero-order valence-electron chi connectivity index (χ0n) is 15.9. The molecule has 0 unspecified atom stereocenters. The fourth-order valence-corrected chi connectivity index (χ4v) is 3.81. The molecule has 0 radical (unpaired) electrons. The van der Waals surface area contributed by atoms with Gasteiger partial charge in [-0.05, 0) is 6.08 Å². The second-order valence-electron chi connectivity index (χ2n) is 7.38. The minimum atomic E-state index is -1.88. The predicted molar refractivity (Wildman–Crippen MR) is 97.9 cm³/mol. The van der Waals surface area contributed by atoms with Crippen molar-refractivity contribution in [1.82, 2.24) is 15.1 Å². The Hall–Kier alpha value is -3.34. The summed E-state index contributed by atoms with van der Waals surface area (Å²) in [5.74, 6) is -6.40. The monoisotopic (exact) mass is 439 g/mol. The highest BCUT2D eigenvalue weighted by atomic mass is 19.1. The SMILES string of the molecule is O=C(NCc1c(F)cc(F)cc1F)C1=CN2C(=C(O)[C@@H]1O)C(=O)N1CC=C(F)C[C@H]2C1. The summed E-state index contributed by atoms with van der Waals surface area (Å²) in [6, 6.07) is 0.287. The van der Waals surface area contributed by atoms with E-state index in [1.807, 2.05) is 0 Å². The quantitative estimate of drug-likeness (QED) is 0.622. The fraction of sp³-hybridized carbons (Fsp3) is 0.300. The predicted octanol–water partition coefficient (Wildman–Crippen LogP) is 1.52. The molecule has 11 heteroatoms. The van der Waals surface area contributed by atoms with Gasteiger partial charge in [-0.2, -0.15) is 0 Å². The number of aliphatic hydroxyl groups excluding tert-OH is 2. The van der Waals surface area contributed by atoms with Crippen LogP contribution in [0.15, 0.2) is 47.3 Å². The van der Waals surface area contributed by atoms with E-state index in [4.69, 9.17) is 0 Å². The van der Waals surface area contributed by atoms with Crippen molar-refractivity contribution in [3.05, 3.63) is 70.3 Å². The van der Waals surface area contributed by atoms with Gasteiger partial charge in [0.2, 0.25) is 0 Å². The molecule has 3 aliphatic heterocycles. The highest BCUT2D eigenvalue weighted by Gasteiger charge is 2.44. The summed E-state index contributed by atoms with van der Waals surface area (Å²) in [6.07, 6.45) is 0.393. The van der Waals surface area contributed by atoms with Crippen LogP contribution in [0.25, 0.3) is 0 Å². The van der Waals surface area contributed by atoms with Gasteiger partial charge in [0, 0.05) is 50.0 Å². The number of halogens is 4. The number of rotatable bonds is 3. The van der Waals surface area contributed by atoms with E-state index in [9.17, 15) is 37.4 Å². The summed E-state index contributed by atoms with van der Waals surface area (Å²) in [4.78, 5) is 27.8. The number of nitrogens with zero attached hydrogens (tertiary/aromatic N) is 2. The molecule has 3 N–H and O–H groups in total. The lowest BCUT2D eigenvalue weighted by Gasteiger charge is -2.43. The molecule has 164 valence electrons. The Morgan fingerprint density at radius 3 is 2.55 bits per heavy atom. The van der Waals surface area contributed by atoms with E-state index in [2.05, 4.69) is 5.32 Å². The molecule has 0 spiro atoms. The maximum Gasteiger partial charge on any atom is 0.274 e. The number of piperazine rings is 1. The van der Waals surface area contributed by atoms with Crippen molar-refractivity contribution in [3.8, 4) is 0 Å². The maximum atomic E-state index is 14.0. The third-order valence-corrected chi connectivity index (χ3v) is 5.40. The third-order valence-electron chi connectivity index (χ3n) is 5.40. The molecule has 0 aromatic heterocycles. The van der Waals surface area contributed by atoms with Gasteiger partial charge in [-0.3, -0.25) is 9.59 Å². The van der Waals surface area contributed by atoms with E-state index < -0.39 is 70.7 Å². The Bertz CT molecular complexity index is 1050. The highest BCUT2D eigenvalue weighted by Crippen LogP contribution is 2.34. The average molecular weight is 439 g/mol. The van der Waals surface area contributed by atoms with E-state index >= 15 is 0 Å². The first-order valence-electron chi connectivity index (χ1n) is 9.34. The molecule has 1 aromatic carbocycles. The van der Waals surface area contributed by atoms with Crippen LogP contribution in [0.3, 0.4) is 0 Å². The minimum absolute atomic E-state index is 0.00768. The number of amides is 2. The summed E-state index contributed by atoms with van der Waals surface area (Å²) >= 11 is 0. The van der Waals surface area contributed by atoms with Crippen molar-refractivity contribution in [2.75, 3.05) is 13.1 Å². The lowest BCUT2D eigenvalue weighted by molar-refractivity contribution is -0.132. The molecule has 2 amide bonds. The van der Waals surface area contributed by atoms with Crippen LogP contribution >= 0.6 is 0 Å². The second kappa shape index (κ2) is 7.73. The smallest absolute Gasteiger partial charge is 0.274 e. The summed E-state index contributed by atoms with van der Waals surface area (Å²) in [7, 11) is 0. The van der Waals surface area contributed by atoms with E-state index in [0.29, 0.717) is 12.1 Å². The summed E-state index contributed by atoms with van der Waals surface area (Å²) in [5, 5.41) is 23.0. The first kappa shape index (κ1) is 20.9. The molecule has 31 heavy (non-hydrogen) atoms. The number of benzene rings is 1. The number of hydrogen-bond donors (Lipinski definition) is 3. The van der Waals surface area contributed by atoms with Crippen LogP contribution < -0.4 is 5.32 Å². The van der Waals surface area contributed by atoms with Crippen molar-refractivity contribution in [2.24, 2.45) is 0 Å². The van der Waals surface area contributed by atoms with E-state index in [0.717, 1.165) is 6.20 Å². The Morgan fingerprint density at radius 2 is 1.87 bits per heavy atom. The lowest BCUT2D eigenvalue weighted by Crippen LogP contribution is -2.55. The van der Waals surface area contributed by atoms with Gasteiger partial charge in [-0.1, -0.05) is 0 Å². The molecule has 0 saturated carbocycles. The zero-order valence-corrected chi connectivity index (χ0v) is 15.9. The number of carbonyl (C=O) groups excluding carboxylic acids is 2. The zero-order chi connectivity index (χ0) is 22.4. The minimum Gasteiger partial charge on any atom is -0.507 e.